The topological polar surface area (TPSA) is 55.6 Å². The average Bonchev–Trinajstić information content (AvgIpc) is 3.12. The Balaban J connectivity index is 1.83. The van der Waals surface area contributed by atoms with Crippen molar-refractivity contribution in [2.75, 3.05) is 5.32 Å². The first-order valence-corrected chi connectivity index (χ1v) is 8.14. The molecule has 3 heterocycles. The van der Waals surface area contributed by atoms with Gasteiger partial charge in [-0.3, -0.25) is 4.68 Å². The van der Waals surface area contributed by atoms with Gasteiger partial charge >= 0.3 is 0 Å². The van der Waals surface area contributed by atoms with Crippen molar-refractivity contribution in [3.05, 3.63) is 28.7 Å². The van der Waals surface area contributed by atoms with Crippen LogP contribution < -0.4 is 5.32 Å². The van der Waals surface area contributed by atoms with Crippen LogP contribution in [0.2, 0.25) is 0 Å². The van der Waals surface area contributed by atoms with E-state index in [9.17, 15) is 0 Å². The van der Waals surface area contributed by atoms with Crippen molar-refractivity contribution in [1.29, 1.82) is 0 Å². The standard InChI is InChI=1S/C15H17N5S/c1-3-20-8-10(7-16-20)19-14-13-11-5-4-6-12(11)21-15(13)18-9(2)17-14/h7-8H,3-6H2,1-2H3,(H,17,18,19). The molecule has 0 saturated carbocycles. The van der Waals surface area contributed by atoms with Crippen molar-refractivity contribution in [2.45, 2.75) is 39.7 Å². The number of aryl methyl sites for hydroxylation is 4. The number of aromatic nitrogens is 4. The lowest BCUT2D eigenvalue weighted by Gasteiger charge is -2.07. The molecule has 6 heteroatoms. The lowest BCUT2D eigenvalue weighted by atomic mass is 10.2. The van der Waals surface area contributed by atoms with Crippen molar-refractivity contribution in [3.8, 4) is 0 Å². The van der Waals surface area contributed by atoms with Crippen LogP contribution >= 0.6 is 11.3 Å². The van der Waals surface area contributed by atoms with E-state index in [-0.39, 0.29) is 0 Å². The highest BCUT2D eigenvalue weighted by atomic mass is 32.1. The Hall–Kier alpha value is -1.95. The molecule has 5 nitrogen and oxygen atoms in total. The summed E-state index contributed by atoms with van der Waals surface area (Å²) in [6.45, 7) is 4.90. The summed E-state index contributed by atoms with van der Waals surface area (Å²) in [5.41, 5.74) is 2.43. The monoisotopic (exact) mass is 299 g/mol. The molecule has 3 aromatic rings. The molecular weight excluding hydrogens is 282 g/mol. The predicted octanol–water partition coefficient (Wildman–Crippen LogP) is 3.45. The highest BCUT2D eigenvalue weighted by Gasteiger charge is 2.22. The van der Waals surface area contributed by atoms with E-state index < -0.39 is 0 Å². The van der Waals surface area contributed by atoms with Crippen LogP contribution in [0.5, 0.6) is 0 Å². The number of hydrogen-bond acceptors (Lipinski definition) is 5. The molecule has 0 unspecified atom stereocenters. The number of hydrogen-bond donors (Lipinski definition) is 1. The Morgan fingerprint density at radius 3 is 3.05 bits per heavy atom. The van der Waals surface area contributed by atoms with E-state index in [0.29, 0.717) is 0 Å². The zero-order valence-corrected chi connectivity index (χ0v) is 13.0. The number of anilines is 2. The van der Waals surface area contributed by atoms with E-state index in [1.807, 2.05) is 35.3 Å². The first-order valence-electron chi connectivity index (χ1n) is 7.33. The number of thiophene rings is 1. The maximum atomic E-state index is 4.63. The molecule has 0 spiro atoms. The van der Waals surface area contributed by atoms with Crippen molar-refractivity contribution >= 4 is 33.1 Å². The van der Waals surface area contributed by atoms with Crippen molar-refractivity contribution in [3.63, 3.8) is 0 Å². The normalized spacial score (nSPS) is 13.8. The van der Waals surface area contributed by atoms with Gasteiger partial charge in [0.05, 0.1) is 17.3 Å². The molecule has 0 radical (unpaired) electrons. The average molecular weight is 299 g/mol. The van der Waals surface area contributed by atoms with E-state index in [1.165, 1.54) is 28.7 Å². The summed E-state index contributed by atoms with van der Waals surface area (Å²) in [4.78, 5) is 11.8. The number of rotatable bonds is 3. The second-order valence-electron chi connectivity index (χ2n) is 5.37. The molecule has 0 fully saturated rings. The van der Waals surface area contributed by atoms with Gasteiger partial charge in [-0.25, -0.2) is 9.97 Å². The van der Waals surface area contributed by atoms with E-state index in [1.54, 1.807) is 0 Å². The molecule has 0 amide bonds. The maximum absolute atomic E-state index is 4.63. The smallest absolute Gasteiger partial charge is 0.143 e. The van der Waals surface area contributed by atoms with Crippen LogP contribution in [0.25, 0.3) is 10.2 Å². The van der Waals surface area contributed by atoms with Gasteiger partial charge in [-0.1, -0.05) is 0 Å². The molecule has 21 heavy (non-hydrogen) atoms. The minimum atomic E-state index is 0.813. The summed E-state index contributed by atoms with van der Waals surface area (Å²) in [5.74, 6) is 1.74. The molecule has 0 atom stereocenters. The fraction of sp³-hybridized carbons (Fsp3) is 0.400. The SMILES string of the molecule is CCn1cc(Nc2nc(C)nc3sc4c(c23)CCC4)cn1. The number of nitrogens with zero attached hydrogens (tertiary/aromatic N) is 4. The first kappa shape index (κ1) is 12.8. The largest absolute Gasteiger partial charge is 0.337 e. The zero-order valence-electron chi connectivity index (χ0n) is 12.2. The van der Waals surface area contributed by atoms with E-state index in [0.717, 1.165) is 35.1 Å². The van der Waals surface area contributed by atoms with Crippen LogP contribution in [0.4, 0.5) is 11.5 Å². The summed E-state index contributed by atoms with van der Waals surface area (Å²) >= 11 is 1.82. The molecule has 1 N–H and O–H groups in total. The minimum absolute atomic E-state index is 0.813. The van der Waals surface area contributed by atoms with Gasteiger partial charge in [-0.15, -0.1) is 11.3 Å². The summed E-state index contributed by atoms with van der Waals surface area (Å²) in [5, 5.41) is 8.95. The maximum Gasteiger partial charge on any atom is 0.143 e. The molecule has 0 aromatic carbocycles. The first-order chi connectivity index (χ1) is 10.2. The van der Waals surface area contributed by atoms with Crippen LogP contribution in [0, 0.1) is 6.92 Å². The molecule has 1 aliphatic rings. The molecule has 1 aliphatic carbocycles. The van der Waals surface area contributed by atoms with Gasteiger partial charge in [0.2, 0.25) is 0 Å². The fourth-order valence-corrected chi connectivity index (χ4v) is 4.24. The quantitative estimate of drug-likeness (QED) is 0.805. The molecular formula is C15H17N5S. The Morgan fingerprint density at radius 1 is 1.33 bits per heavy atom. The van der Waals surface area contributed by atoms with Crippen molar-refractivity contribution < 1.29 is 0 Å². The molecule has 4 rings (SSSR count). The lowest BCUT2D eigenvalue weighted by molar-refractivity contribution is 0.660. The molecule has 0 aliphatic heterocycles. The van der Waals surface area contributed by atoms with Gasteiger partial charge in [-0.2, -0.15) is 5.10 Å². The fourth-order valence-electron chi connectivity index (χ4n) is 2.93. The summed E-state index contributed by atoms with van der Waals surface area (Å²) in [7, 11) is 0. The molecule has 3 aromatic heterocycles. The van der Waals surface area contributed by atoms with Gasteiger partial charge in [0.15, 0.2) is 0 Å². The Bertz CT molecular complexity index is 817. The van der Waals surface area contributed by atoms with Crippen LogP contribution in [-0.2, 0) is 19.4 Å². The number of fused-ring (bicyclic) bond motifs is 3. The Kier molecular flexibility index (Phi) is 2.92. The third-order valence-corrected chi connectivity index (χ3v) is 5.08. The molecule has 108 valence electrons. The van der Waals surface area contributed by atoms with Gasteiger partial charge in [0.25, 0.3) is 0 Å². The highest BCUT2D eigenvalue weighted by molar-refractivity contribution is 7.19. The second-order valence-corrected chi connectivity index (χ2v) is 6.45. The Labute approximate surface area is 127 Å². The summed E-state index contributed by atoms with van der Waals surface area (Å²) in [6, 6.07) is 0. The third kappa shape index (κ3) is 2.10. The van der Waals surface area contributed by atoms with Crippen LogP contribution in [0.3, 0.4) is 0 Å². The van der Waals surface area contributed by atoms with E-state index in [2.05, 4.69) is 27.3 Å². The molecule has 0 bridgehead atoms. The Morgan fingerprint density at radius 2 is 2.24 bits per heavy atom. The van der Waals surface area contributed by atoms with E-state index in [4.69, 9.17) is 0 Å². The van der Waals surface area contributed by atoms with Crippen LogP contribution in [-0.4, -0.2) is 19.7 Å². The van der Waals surface area contributed by atoms with Gasteiger partial charge < -0.3 is 5.32 Å². The summed E-state index contributed by atoms with van der Waals surface area (Å²) in [6.07, 6.45) is 7.43. The van der Waals surface area contributed by atoms with E-state index >= 15 is 0 Å². The summed E-state index contributed by atoms with van der Waals surface area (Å²) < 4.78 is 1.91. The second kappa shape index (κ2) is 4.80. The molecule has 0 saturated heterocycles. The van der Waals surface area contributed by atoms with Gasteiger partial charge in [0.1, 0.15) is 16.5 Å². The zero-order chi connectivity index (χ0) is 14.4. The predicted molar refractivity (Wildman–Crippen MR) is 85.4 cm³/mol. The lowest BCUT2D eigenvalue weighted by Crippen LogP contribution is -1.98. The van der Waals surface area contributed by atoms with Crippen molar-refractivity contribution in [1.82, 2.24) is 19.7 Å². The minimum Gasteiger partial charge on any atom is -0.337 e. The third-order valence-electron chi connectivity index (χ3n) is 3.90. The number of nitrogens with one attached hydrogen (secondary N) is 1. The van der Waals surface area contributed by atoms with Crippen molar-refractivity contribution in [2.24, 2.45) is 0 Å². The van der Waals surface area contributed by atoms with Gasteiger partial charge in [-0.05, 0) is 38.7 Å². The van der Waals surface area contributed by atoms with Crippen LogP contribution in [0.15, 0.2) is 12.4 Å². The van der Waals surface area contributed by atoms with Gasteiger partial charge in [0, 0.05) is 17.6 Å². The van der Waals surface area contributed by atoms with Crippen LogP contribution in [0.1, 0.15) is 29.6 Å². The highest BCUT2D eigenvalue weighted by Crippen LogP contribution is 2.40.